The quantitative estimate of drug-likeness (QED) is 0.886. The largest absolute Gasteiger partial charge is 0.380 e. The molecule has 4 nitrogen and oxygen atoms in total. The van der Waals surface area contributed by atoms with Gasteiger partial charge in [-0.3, -0.25) is 0 Å². The average molecular weight is 252 g/mol. The van der Waals surface area contributed by atoms with Gasteiger partial charge >= 0.3 is 0 Å². The van der Waals surface area contributed by atoms with Crippen molar-refractivity contribution in [1.82, 2.24) is 10.2 Å². The summed E-state index contributed by atoms with van der Waals surface area (Å²) in [4.78, 5) is 0. The van der Waals surface area contributed by atoms with Crippen molar-refractivity contribution in [2.24, 2.45) is 0 Å². The molecule has 68 valence electrons. The molecule has 0 amide bonds. The molecule has 1 unspecified atom stereocenters. The van der Waals surface area contributed by atoms with Crippen molar-refractivity contribution in [2.75, 3.05) is 19.0 Å². The molecule has 1 aromatic rings. The number of nitrogens with one attached hydrogen (secondary N) is 1. The highest BCUT2D eigenvalue weighted by molar-refractivity contribution is 9.11. The number of nitrogens with zero attached hydrogens (tertiary/aromatic N) is 2. The molecule has 12 heavy (non-hydrogen) atoms. The zero-order chi connectivity index (χ0) is 8.97. The maximum absolute atomic E-state index is 5.06. The van der Waals surface area contributed by atoms with Crippen molar-refractivity contribution in [3.8, 4) is 0 Å². The van der Waals surface area contributed by atoms with Gasteiger partial charge in [-0.25, -0.2) is 0 Å². The minimum Gasteiger partial charge on any atom is -0.380 e. The highest BCUT2D eigenvalue weighted by atomic mass is 79.9. The van der Waals surface area contributed by atoms with Gasteiger partial charge in [-0.15, -0.1) is 10.2 Å². The van der Waals surface area contributed by atoms with Crippen LogP contribution in [0.15, 0.2) is 3.92 Å². The van der Waals surface area contributed by atoms with Crippen LogP contribution in [0.5, 0.6) is 0 Å². The van der Waals surface area contributed by atoms with Crippen LogP contribution in [-0.4, -0.2) is 30.0 Å². The Morgan fingerprint density at radius 1 is 1.67 bits per heavy atom. The lowest BCUT2D eigenvalue weighted by Crippen LogP contribution is -2.17. The van der Waals surface area contributed by atoms with Gasteiger partial charge < -0.3 is 10.1 Å². The summed E-state index contributed by atoms with van der Waals surface area (Å²) in [5.74, 6) is 0. The third kappa shape index (κ3) is 3.04. The van der Waals surface area contributed by atoms with Crippen molar-refractivity contribution in [3.63, 3.8) is 0 Å². The molecular formula is C6H10BrN3OS. The Morgan fingerprint density at radius 2 is 2.42 bits per heavy atom. The SMILES string of the molecule is COC(C)CNc1nnc(Br)s1. The Labute approximate surface area is 83.5 Å². The highest BCUT2D eigenvalue weighted by Crippen LogP contribution is 2.19. The molecule has 0 saturated carbocycles. The van der Waals surface area contributed by atoms with Crippen LogP contribution < -0.4 is 5.32 Å². The number of methoxy groups -OCH3 is 1. The van der Waals surface area contributed by atoms with Crippen LogP contribution in [0, 0.1) is 0 Å². The van der Waals surface area contributed by atoms with E-state index in [2.05, 4.69) is 31.4 Å². The summed E-state index contributed by atoms with van der Waals surface area (Å²) in [6.07, 6.45) is 0.188. The first-order valence-corrected chi connectivity index (χ1v) is 5.09. The van der Waals surface area contributed by atoms with Crippen LogP contribution >= 0.6 is 27.3 Å². The van der Waals surface area contributed by atoms with Crippen LogP contribution in [0.4, 0.5) is 5.13 Å². The number of hydrogen-bond acceptors (Lipinski definition) is 5. The van der Waals surface area contributed by atoms with E-state index in [1.165, 1.54) is 11.3 Å². The lowest BCUT2D eigenvalue weighted by Gasteiger charge is -2.08. The van der Waals surface area contributed by atoms with E-state index >= 15 is 0 Å². The van der Waals surface area contributed by atoms with Crippen LogP contribution in [0.3, 0.4) is 0 Å². The van der Waals surface area contributed by atoms with Gasteiger partial charge in [0.1, 0.15) is 0 Å². The maximum atomic E-state index is 5.06. The molecule has 0 aliphatic carbocycles. The summed E-state index contributed by atoms with van der Waals surface area (Å²) in [5, 5.41) is 11.6. The van der Waals surface area contributed by atoms with Gasteiger partial charge in [0.25, 0.3) is 0 Å². The molecule has 0 spiro atoms. The van der Waals surface area contributed by atoms with Gasteiger partial charge in [0.05, 0.1) is 6.10 Å². The summed E-state index contributed by atoms with van der Waals surface area (Å²) in [6, 6.07) is 0. The van der Waals surface area contributed by atoms with Gasteiger partial charge in [-0.1, -0.05) is 11.3 Å². The zero-order valence-corrected chi connectivity index (χ0v) is 9.28. The summed E-state index contributed by atoms with van der Waals surface area (Å²) in [6.45, 7) is 2.74. The Bertz CT molecular complexity index is 242. The Balaban J connectivity index is 2.33. The van der Waals surface area contributed by atoms with Crippen molar-refractivity contribution in [1.29, 1.82) is 0 Å². The van der Waals surface area contributed by atoms with Crippen molar-refractivity contribution in [3.05, 3.63) is 3.92 Å². The predicted octanol–water partition coefficient (Wildman–Crippen LogP) is 1.75. The van der Waals surface area contributed by atoms with Crippen molar-refractivity contribution < 1.29 is 4.74 Å². The Morgan fingerprint density at radius 3 is 2.92 bits per heavy atom. The predicted molar refractivity (Wildman–Crippen MR) is 52.6 cm³/mol. The van der Waals surface area contributed by atoms with E-state index < -0.39 is 0 Å². The molecule has 1 N–H and O–H groups in total. The highest BCUT2D eigenvalue weighted by Gasteiger charge is 2.02. The number of hydrogen-bond donors (Lipinski definition) is 1. The second-order valence-electron chi connectivity index (χ2n) is 2.29. The van der Waals surface area contributed by atoms with E-state index in [9.17, 15) is 0 Å². The number of ether oxygens (including phenoxy) is 1. The first-order valence-electron chi connectivity index (χ1n) is 3.48. The molecule has 1 aromatic heterocycles. The Hall–Kier alpha value is -0.200. The molecule has 0 bridgehead atoms. The summed E-state index contributed by atoms with van der Waals surface area (Å²) < 4.78 is 5.85. The fraction of sp³-hybridized carbons (Fsp3) is 0.667. The van der Waals surface area contributed by atoms with Crippen LogP contribution in [0.2, 0.25) is 0 Å². The van der Waals surface area contributed by atoms with Crippen molar-refractivity contribution in [2.45, 2.75) is 13.0 Å². The van der Waals surface area contributed by atoms with E-state index in [-0.39, 0.29) is 6.10 Å². The number of aromatic nitrogens is 2. The summed E-state index contributed by atoms with van der Waals surface area (Å²) >= 11 is 4.70. The maximum Gasteiger partial charge on any atom is 0.206 e. The second kappa shape index (κ2) is 4.74. The minimum atomic E-state index is 0.188. The third-order valence-electron chi connectivity index (χ3n) is 1.34. The monoisotopic (exact) mass is 251 g/mol. The molecule has 0 aromatic carbocycles. The third-order valence-corrected chi connectivity index (χ3v) is 2.66. The van der Waals surface area contributed by atoms with Crippen LogP contribution in [0.25, 0.3) is 0 Å². The lowest BCUT2D eigenvalue weighted by atomic mass is 10.4. The first kappa shape index (κ1) is 9.88. The average Bonchev–Trinajstić information content (AvgIpc) is 2.47. The van der Waals surface area contributed by atoms with Gasteiger partial charge in [0.15, 0.2) is 3.92 Å². The minimum absolute atomic E-state index is 0.188. The molecule has 0 radical (unpaired) electrons. The number of anilines is 1. The smallest absolute Gasteiger partial charge is 0.206 e. The van der Waals surface area contributed by atoms with Gasteiger partial charge in [-0.05, 0) is 22.9 Å². The molecule has 1 atom stereocenters. The molecular weight excluding hydrogens is 242 g/mol. The van der Waals surface area contributed by atoms with Crippen LogP contribution in [0.1, 0.15) is 6.92 Å². The van der Waals surface area contributed by atoms with E-state index in [0.29, 0.717) is 0 Å². The summed E-state index contributed by atoms with van der Waals surface area (Å²) in [7, 11) is 1.68. The summed E-state index contributed by atoms with van der Waals surface area (Å²) in [5.41, 5.74) is 0. The standard InChI is InChI=1S/C6H10BrN3OS/c1-4(11-2)3-8-6-10-9-5(7)12-6/h4H,3H2,1-2H3,(H,8,10). The van der Waals surface area contributed by atoms with E-state index in [0.717, 1.165) is 15.6 Å². The normalized spacial score (nSPS) is 12.9. The number of halogens is 1. The molecule has 0 aliphatic heterocycles. The van der Waals surface area contributed by atoms with Gasteiger partial charge in [0.2, 0.25) is 5.13 Å². The van der Waals surface area contributed by atoms with Crippen LogP contribution in [-0.2, 0) is 4.74 Å². The van der Waals surface area contributed by atoms with Crippen molar-refractivity contribution >= 4 is 32.4 Å². The molecule has 0 saturated heterocycles. The first-order chi connectivity index (χ1) is 5.72. The zero-order valence-electron chi connectivity index (χ0n) is 6.87. The fourth-order valence-electron chi connectivity index (χ4n) is 0.591. The van der Waals surface area contributed by atoms with Gasteiger partial charge in [-0.2, -0.15) is 0 Å². The van der Waals surface area contributed by atoms with E-state index in [4.69, 9.17) is 4.74 Å². The number of rotatable bonds is 4. The van der Waals surface area contributed by atoms with E-state index in [1.54, 1.807) is 7.11 Å². The lowest BCUT2D eigenvalue weighted by molar-refractivity contribution is 0.129. The fourth-order valence-corrected chi connectivity index (χ4v) is 1.61. The molecule has 0 fully saturated rings. The van der Waals surface area contributed by atoms with Gasteiger partial charge in [0, 0.05) is 13.7 Å². The molecule has 1 heterocycles. The second-order valence-corrected chi connectivity index (χ2v) is 4.54. The molecule has 0 aliphatic rings. The Kier molecular flexibility index (Phi) is 3.90. The molecule has 6 heteroatoms. The topological polar surface area (TPSA) is 47.0 Å². The van der Waals surface area contributed by atoms with E-state index in [1.807, 2.05) is 6.92 Å². The molecule has 1 rings (SSSR count).